The van der Waals surface area contributed by atoms with Crippen LogP contribution >= 0.6 is 0 Å². The zero-order chi connectivity index (χ0) is 17.0. The topological polar surface area (TPSA) is 68.3 Å². The fourth-order valence-corrected chi connectivity index (χ4v) is 2.72. The predicted octanol–water partition coefficient (Wildman–Crippen LogP) is 1.54. The van der Waals surface area contributed by atoms with Gasteiger partial charge in [-0.2, -0.15) is 0 Å². The molecule has 0 aliphatic carbocycles. The van der Waals surface area contributed by atoms with Crippen molar-refractivity contribution in [3.05, 3.63) is 23.3 Å². The molecule has 1 aliphatic heterocycles. The lowest BCUT2D eigenvalue weighted by Crippen LogP contribution is -2.50. The van der Waals surface area contributed by atoms with Crippen LogP contribution in [0.5, 0.6) is 11.5 Å². The molecule has 7 nitrogen and oxygen atoms in total. The van der Waals surface area contributed by atoms with Crippen LogP contribution in [0.25, 0.3) is 0 Å². The maximum absolute atomic E-state index is 12.7. The molecule has 2 rings (SSSR count). The number of hydrogen-bond acceptors (Lipinski definition) is 5. The van der Waals surface area contributed by atoms with E-state index in [1.165, 1.54) is 14.2 Å². The summed E-state index contributed by atoms with van der Waals surface area (Å²) < 4.78 is 15.4. The van der Waals surface area contributed by atoms with Crippen LogP contribution in [0.3, 0.4) is 0 Å². The summed E-state index contributed by atoms with van der Waals surface area (Å²) in [6.07, 6.45) is -0.366. The second-order valence-corrected chi connectivity index (χ2v) is 5.22. The normalized spacial score (nSPS) is 14.4. The molecule has 2 amide bonds. The van der Waals surface area contributed by atoms with E-state index in [9.17, 15) is 9.59 Å². The van der Waals surface area contributed by atoms with Gasteiger partial charge in [-0.25, -0.2) is 4.79 Å². The van der Waals surface area contributed by atoms with E-state index >= 15 is 0 Å². The van der Waals surface area contributed by atoms with Gasteiger partial charge in [0.15, 0.2) is 0 Å². The molecule has 23 heavy (non-hydrogen) atoms. The summed E-state index contributed by atoms with van der Waals surface area (Å²) in [7, 11) is 4.47. The van der Waals surface area contributed by atoms with Gasteiger partial charge >= 0.3 is 6.09 Å². The second-order valence-electron chi connectivity index (χ2n) is 5.22. The molecule has 0 unspecified atom stereocenters. The lowest BCUT2D eigenvalue weighted by atomic mass is 10.1. The third-order valence-electron chi connectivity index (χ3n) is 4.01. The van der Waals surface area contributed by atoms with Gasteiger partial charge in [-0.3, -0.25) is 4.79 Å². The van der Waals surface area contributed by atoms with E-state index < -0.39 is 0 Å². The van der Waals surface area contributed by atoms with Crippen molar-refractivity contribution in [3.63, 3.8) is 0 Å². The third-order valence-corrected chi connectivity index (χ3v) is 4.01. The first-order valence-electron chi connectivity index (χ1n) is 7.37. The molecule has 0 saturated carbocycles. The lowest BCUT2D eigenvalue weighted by molar-refractivity contribution is 0.0596. The van der Waals surface area contributed by atoms with Crippen LogP contribution in [-0.2, 0) is 4.74 Å². The molecule has 0 spiro atoms. The number of benzene rings is 1. The third kappa shape index (κ3) is 3.33. The molecule has 0 N–H and O–H groups in total. The number of carbonyl (C=O) groups excluding carboxylic acids is 2. The highest BCUT2D eigenvalue weighted by molar-refractivity contribution is 5.98. The van der Waals surface area contributed by atoms with Crippen LogP contribution < -0.4 is 9.47 Å². The molecule has 1 heterocycles. The van der Waals surface area contributed by atoms with Crippen LogP contribution in [0.4, 0.5) is 4.79 Å². The summed E-state index contributed by atoms with van der Waals surface area (Å²) in [6.45, 7) is 3.68. The van der Waals surface area contributed by atoms with Crippen LogP contribution in [0.15, 0.2) is 12.1 Å². The van der Waals surface area contributed by atoms with E-state index in [1.807, 2.05) is 6.92 Å². The zero-order valence-electron chi connectivity index (χ0n) is 13.9. The smallest absolute Gasteiger partial charge is 0.409 e. The number of hydrogen-bond donors (Lipinski definition) is 0. The number of piperazine rings is 1. The lowest BCUT2D eigenvalue weighted by Gasteiger charge is -2.34. The summed E-state index contributed by atoms with van der Waals surface area (Å²) in [5.74, 6) is 1.08. The molecule has 0 bridgehead atoms. The highest BCUT2D eigenvalue weighted by atomic mass is 16.5. The molecule has 126 valence electrons. The molecule has 7 heteroatoms. The first-order chi connectivity index (χ1) is 11.0. The number of ether oxygens (including phenoxy) is 3. The summed E-state index contributed by atoms with van der Waals surface area (Å²) in [6, 6.07) is 3.47. The minimum absolute atomic E-state index is 0.114. The van der Waals surface area contributed by atoms with Crippen LogP contribution in [-0.4, -0.2) is 69.3 Å². The van der Waals surface area contributed by atoms with Crippen molar-refractivity contribution in [3.8, 4) is 11.5 Å². The Labute approximate surface area is 135 Å². The van der Waals surface area contributed by atoms with Crippen molar-refractivity contribution >= 4 is 12.0 Å². The predicted molar refractivity (Wildman–Crippen MR) is 84.2 cm³/mol. The summed E-state index contributed by atoms with van der Waals surface area (Å²) in [5, 5.41) is 0. The minimum Gasteiger partial charge on any atom is -0.496 e. The number of nitrogens with zero attached hydrogens (tertiary/aromatic N) is 2. The van der Waals surface area contributed by atoms with Gasteiger partial charge in [0.2, 0.25) is 0 Å². The largest absolute Gasteiger partial charge is 0.496 e. The average Bonchev–Trinajstić information content (AvgIpc) is 2.60. The van der Waals surface area contributed by atoms with E-state index in [4.69, 9.17) is 14.2 Å². The Balaban J connectivity index is 2.16. The van der Waals surface area contributed by atoms with Crippen LogP contribution in [0.1, 0.15) is 15.9 Å². The van der Waals surface area contributed by atoms with Crippen molar-refractivity contribution in [2.45, 2.75) is 6.92 Å². The van der Waals surface area contributed by atoms with E-state index in [0.717, 1.165) is 5.56 Å². The monoisotopic (exact) mass is 322 g/mol. The molecule has 0 aromatic heterocycles. The van der Waals surface area contributed by atoms with Gasteiger partial charge in [-0.05, 0) is 19.1 Å². The molecule has 0 atom stereocenters. The quantitative estimate of drug-likeness (QED) is 0.844. The maximum Gasteiger partial charge on any atom is 0.409 e. The zero-order valence-corrected chi connectivity index (χ0v) is 13.9. The fraction of sp³-hybridized carbons (Fsp3) is 0.500. The highest BCUT2D eigenvalue weighted by Gasteiger charge is 2.27. The Bertz CT molecular complexity index is 594. The van der Waals surface area contributed by atoms with Gasteiger partial charge in [0.1, 0.15) is 11.5 Å². The van der Waals surface area contributed by atoms with Crippen molar-refractivity contribution in [2.24, 2.45) is 0 Å². The number of rotatable bonds is 3. The van der Waals surface area contributed by atoms with E-state index in [0.29, 0.717) is 43.2 Å². The Morgan fingerprint density at radius 2 is 1.57 bits per heavy atom. The van der Waals surface area contributed by atoms with Crippen molar-refractivity contribution < 1.29 is 23.8 Å². The van der Waals surface area contributed by atoms with Gasteiger partial charge in [0.25, 0.3) is 5.91 Å². The van der Waals surface area contributed by atoms with E-state index in [1.54, 1.807) is 29.0 Å². The van der Waals surface area contributed by atoms with Crippen LogP contribution in [0.2, 0.25) is 0 Å². The molecular weight excluding hydrogens is 300 g/mol. The van der Waals surface area contributed by atoms with Gasteiger partial charge in [0.05, 0.1) is 26.9 Å². The fourth-order valence-electron chi connectivity index (χ4n) is 2.72. The van der Waals surface area contributed by atoms with E-state index in [2.05, 4.69) is 0 Å². The number of methoxy groups -OCH3 is 3. The highest BCUT2D eigenvalue weighted by Crippen LogP contribution is 2.32. The van der Waals surface area contributed by atoms with Crippen molar-refractivity contribution in [2.75, 3.05) is 47.5 Å². The average molecular weight is 322 g/mol. The van der Waals surface area contributed by atoms with Gasteiger partial charge in [-0.1, -0.05) is 0 Å². The molecule has 1 aliphatic rings. The SMILES string of the molecule is COC(=O)N1CCN(C(=O)c2ccc(OC)c(C)c2OC)CC1. The standard InChI is InChI=1S/C16H22N2O5/c1-11-13(21-2)6-5-12(14(11)22-3)15(19)17-7-9-18(10-8-17)16(20)23-4/h5-6H,7-10H2,1-4H3. The number of amides is 2. The van der Waals surface area contributed by atoms with Crippen molar-refractivity contribution in [1.29, 1.82) is 0 Å². The second kappa shape index (κ2) is 7.21. The van der Waals surface area contributed by atoms with Crippen molar-refractivity contribution in [1.82, 2.24) is 9.80 Å². The Morgan fingerprint density at radius 3 is 2.09 bits per heavy atom. The van der Waals surface area contributed by atoms with E-state index in [-0.39, 0.29) is 12.0 Å². The summed E-state index contributed by atoms with van der Waals surface area (Å²) in [4.78, 5) is 27.5. The molecule has 0 radical (unpaired) electrons. The van der Waals surface area contributed by atoms with Crippen LogP contribution in [0, 0.1) is 6.92 Å². The number of carbonyl (C=O) groups is 2. The van der Waals surface area contributed by atoms with Gasteiger partial charge < -0.3 is 24.0 Å². The minimum atomic E-state index is -0.366. The Morgan fingerprint density at radius 1 is 0.957 bits per heavy atom. The summed E-state index contributed by atoms with van der Waals surface area (Å²) in [5.41, 5.74) is 1.28. The van der Waals surface area contributed by atoms with Gasteiger partial charge in [-0.15, -0.1) is 0 Å². The van der Waals surface area contributed by atoms with Gasteiger partial charge in [0, 0.05) is 31.7 Å². The molecule has 1 saturated heterocycles. The Hall–Kier alpha value is -2.44. The molecule has 1 fully saturated rings. The first-order valence-corrected chi connectivity index (χ1v) is 7.37. The Kier molecular flexibility index (Phi) is 5.31. The molecular formula is C16H22N2O5. The summed E-state index contributed by atoms with van der Waals surface area (Å²) >= 11 is 0. The molecule has 1 aromatic carbocycles. The molecule has 1 aromatic rings. The maximum atomic E-state index is 12.7. The first kappa shape index (κ1) is 16.9.